The average molecular weight is 398 g/mol. The lowest BCUT2D eigenvalue weighted by Gasteiger charge is -2.28. The number of nitrogens with zero attached hydrogens (tertiary/aromatic N) is 3. The number of hydrogen-bond donors (Lipinski definition) is 1. The zero-order valence-electron chi connectivity index (χ0n) is 15.3. The van der Waals surface area contributed by atoms with Gasteiger partial charge in [-0.15, -0.1) is 0 Å². The lowest BCUT2D eigenvalue weighted by molar-refractivity contribution is -0.137. The summed E-state index contributed by atoms with van der Waals surface area (Å²) < 4.78 is 38.4. The van der Waals surface area contributed by atoms with Gasteiger partial charge in [0.15, 0.2) is 0 Å². The van der Waals surface area contributed by atoms with E-state index in [0.717, 1.165) is 25.1 Å². The summed E-state index contributed by atoms with van der Waals surface area (Å²) in [6.07, 6.45) is -0.826. The van der Waals surface area contributed by atoms with Crippen molar-refractivity contribution < 1.29 is 18.0 Å². The summed E-state index contributed by atoms with van der Waals surface area (Å²) in [7, 11) is 0. The first-order valence-corrected chi connectivity index (χ1v) is 9.02. The lowest BCUT2D eigenvalue weighted by Crippen LogP contribution is -2.31. The lowest BCUT2D eigenvalue weighted by atomic mass is 10.0. The van der Waals surface area contributed by atoms with Gasteiger partial charge in [-0.25, -0.2) is 9.97 Å². The maximum Gasteiger partial charge on any atom is 0.416 e. The minimum atomic E-state index is -4.47. The summed E-state index contributed by atoms with van der Waals surface area (Å²) in [5.74, 6) is -0.0602. The zero-order chi connectivity index (χ0) is 20.4. The van der Waals surface area contributed by atoms with Gasteiger partial charge in [-0.2, -0.15) is 13.2 Å². The number of anilines is 2. The Hall–Kier alpha value is -3.42. The van der Waals surface area contributed by atoms with Crippen molar-refractivity contribution in [3.8, 4) is 0 Å². The summed E-state index contributed by atoms with van der Waals surface area (Å²) in [4.78, 5) is 22.9. The quantitative estimate of drug-likeness (QED) is 0.714. The highest BCUT2D eigenvalue weighted by Gasteiger charge is 2.30. The first-order chi connectivity index (χ1) is 13.9. The molecule has 1 aliphatic rings. The molecule has 1 aromatic heterocycles. The van der Waals surface area contributed by atoms with E-state index in [0.29, 0.717) is 12.5 Å². The smallest absolute Gasteiger partial charge is 0.336 e. The Labute approximate surface area is 165 Å². The van der Waals surface area contributed by atoms with E-state index in [1.807, 2.05) is 17.0 Å². The van der Waals surface area contributed by atoms with Crippen molar-refractivity contribution in [1.29, 1.82) is 0 Å². The van der Waals surface area contributed by atoms with Crippen molar-refractivity contribution in [2.24, 2.45) is 0 Å². The molecule has 1 N–H and O–H groups in total. The molecule has 0 aliphatic carbocycles. The summed E-state index contributed by atoms with van der Waals surface area (Å²) in [5, 5.41) is 2.45. The maximum atomic E-state index is 12.8. The van der Waals surface area contributed by atoms with E-state index < -0.39 is 17.6 Å². The van der Waals surface area contributed by atoms with Gasteiger partial charge in [0.2, 0.25) is 5.95 Å². The summed E-state index contributed by atoms with van der Waals surface area (Å²) in [6.45, 7) is 1.46. The van der Waals surface area contributed by atoms with E-state index in [9.17, 15) is 18.0 Å². The molecule has 4 rings (SSSR count). The minimum absolute atomic E-state index is 0.0570. The van der Waals surface area contributed by atoms with Gasteiger partial charge in [0.25, 0.3) is 5.91 Å². The third-order valence-corrected chi connectivity index (χ3v) is 4.76. The molecule has 0 saturated carbocycles. The number of amides is 1. The average Bonchev–Trinajstić information content (AvgIpc) is 2.73. The van der Waals surface area contributed by atoms with Gasteiger partial charge in [-0.05, 0) is 35.7 Å². The topological polar surface area (TPSA) is 58.1 Å². The van der Waals surface area contributed by atoms with Crippen LogP contribution < -0.4 is 10.2 Å². The molecule has 3 aromatic rings. The normalized spacial score (nSPS) is 13.7. The molecular formula is C21H17F3N4O. The maximum absolute atomic E-state index is 12.8. The van der Waals surface area contributed by atoms with E-state index in [1.165, 1.54) is 35.7 Å². The first kappa shape index (κ1) is 18.9. The van der Waals surface area contributed by atoms with Gasteiger partial charge in [0, 0.05) is 31.2 Å². The number of aromatic nitrogens is 2. The molecule has 148 valence electrons. The van der Waals surface area contributed by atoms with Crippen LogP contribution in [0.1, 0.15) is 27.0 Å². The number of benzene rings is 2. The van der Waals surface area contributed by atoms with Crippen molar-refractivity contribution >= 4 is 17.5 Å². The van der Waals surface area contributed by atoms with Crippen molar-refractivity contribution in [3.63, 3.8) is 0 Å². The van der Waals surface area contributed by atoms with Crippen molar-refractivity contribution in [2.45, 2.75) is 19.1 Å². The number of alkyl halides is 3. The second-order valence-electron chi connectivity index (χ2n) is 6.74. The highest BCUT2D eigenvalue weighted by molar-refractivity contribution is 6.03. The summed E-state index contributed by atoms with van der Waals surface area (Å²) >= 11 is 0. The van der Waals surface area contributed by atoms with Crippen LogP contribution in [0.3, 0.4) is 0 Å². The molecular weight excluding hydrogens is 381 g/mol. The van der Waals surface area contributed by atoms with Crippen molar-refractivity contribution in [2.75, 3.05) is 16.8 Å². The van der Waals surface area contributed by atoms with Gasteiger partial charge < -0.3 is 10.2 Å². The molecule has 8 heteroatoms. The van der Waals surface area contributed by atoms with Crippen LogP contribution in [-0.4, -0.2) is 22.4 Å². The summed E-state index contributed by atoms with van der Waals surface area (Å²) in [5.41, 5.74) is 1.92. The highest BCUT2D eigenvalue weighted by atomic mass is 19.4. The molecule has 0 saturated heterocycles. The molecule has 0 bridgehead atoms. The van der Waals surface area contributed by atoms with E-state index in [-0.39, 0.29) is 11.3 Å². The SMILES string of the molecule is O=C(Nc1cccc(C(F)(F)F)c1)c1cnc(N2CCc3ccccc3C2)nc1. The molecule has 2 heterocycles. The highest BCUT2D eigenvalue weighted by Crippen LogP contribution is 2.30. The fraction of sp³-hybridized carbons (Fsp3) is 0.190. The number of rotatable bonds is 3. The molecule has 29 heavy (non-hydrogen) atoms. The minimum Gasteiger partial charge on any atom is -0.336 e. The second-order valence-corrected chi connectivity index (χ2v) is 6.74. The van der Waals surface area contributed by atoms with Crippen LogP contribution in [0, 0.1) is 0 Å². The standard InChI is InChI=1S/C21H17F3N4O/c22-21(23,24)17-6-3-7-18(10-17)27-19(29)16-11-25-20(26-12-16)28-9-8-14-4-1-2-5-15(14)13-28/h1-7,10-12H,8-9,13H2,(H,27,29). The van der Waals surface area contributed by atoms with Crippen LogP contribution in [-0.2, 0) is 19.1 Å². The molecule has 1 amide bonds. The number of fused-ring (bicyclic) bond motifs is 1. The van der Waals surface area contributed by atoms with E-state index >= 15 is 0 Å². The van der Waals surface area contributed by atoms with Gasteiger partial charge in [-0.3, -0.25) is 4.79 Å². The Morgan fingerprint density at radius 2 is 1.72 bits per heavy atom. The first-order valence-electron chi connectivity index (χ1n) is 9.02. The van der Waals surface area contributed by atoms with Crippen LogP contribution in [0.15, 0.2) is 60.9 Å². The Morgan fingerprint density at radius 3 is 2.45 bits per heavy atom. The summed E-state index contributed by atoms with van der Waals surface area (Å²) in [6, 6.07) is 12.7. The number of carbonyl (C=O) groups excluding carboxylic acids is 1. The molecule has 0 spiro atoms. The third kappa shape index (κ3) is 4.21. The molecule has 2 aromatic carbocycles. The molecule has 0 radical (unpaired) electrons. The molecule has 0 unspecified atom stereocenters. The molecule has 0 fully saturated rings. The Kier molecular flexibility index (Phi) is 4.92. The largest absolute Gasteiger partial charge is 0.416 e. The van der Waals surface area contributed by atoms with Crippen LogP contribution in [0.4, 0.5) is 24.8 Å². The van der Waals surface area contributed by atoms with Crippen molar-refractivity contribution in [3.05, 3.63) is 83.2 Å². The fourth-order valence-electron chi connectivity index (χ4n) is 3.24. The van der Waals surface area contributed by atoms with Crippen molar-refractivity contribution in [1.82, 2.24) is 9.97 Å². The van der Waals surface area contributed by atoms with Gasteiger partial charge in [0.05, 0.1) is 11.1 Å². The number of halogens is 3. The van der Waals surface area contributed by atoms with Gasteiger partial charge in [0.1, 0.15) is 0 Å². The number of hydrogen-bond acceptors (Lipinski definition) is 4. The Bertz CT molecular complexity index is 1030. The molecule has 5 nitrogen and oxygen atoms in total. The second kappa shape index (κ2) is 7.54. The van der Waals surface area contributed by atoms with Gasteiger partial charge >= 0.3 is 6.18 Å². The predicted molar refractivity (Wildman–Crippen MR) is 103 cm³/mol. The van der Waals surface area contributed by atoms with E-state index in [2.05, 4.69) is 27.4 Å². The molecule has 1 aliphatic heterocycles. The Balaban J connectivity index is 1.45. The fourth-order valence-corrected chi connectivity index (χ4v) is 3.24. The third-order valence-electron chi connectivity index (χ3n) is 4.76. The van der Waals surface area contributed by atoms with E-state index in [1.54, 1.807) is 0 Å². The van der Waals surface area contributed by atoms with E-state index in [4.69, 9.17) is 0 Å². The van der Waals surface area contributed by atoms with Crippen LogP contribution in [0.5, 0.6) is 0 Å². The molecule has 0 atom stereocenters. The number of carbonyl (C=O) groups is 1. The zero-order valence-corrected chi connectivity index (χ0v) is 15.3. The Morgan fingerprint density at radius 1 is 1.00 bits per heavy atom. The monoisotopic (exact) mass is 398 g/mol. The van der Waals surface area contributed by atoms with Gasteiger partial charge in [-0.1, -0.05) is 30.3 Å². The van der Waals surface area contributed by atoms with Crippen LogP contribution in [0.25, 0.3) is 0 Å². The van der Waals surface area contributed by atoms with Crippen LogP contribution in [0.2, 0.25) is 0 Å². The predicted octanol–water partition coefficient (Wildman–Crippen LogP) is 4.31. The number of nitrogens with one attached hydrogen (secondary N) is 1. The van der Waals surface area contributed by atoms with Crippen LogP contribution >= 0.6 is 0 Å².